The molecule has 25 heavy (non-hydrogen) atoms. The number of ether oxygens (including phenoxy) is 2. The number of carbonyl (C=O) groups excluding carboxylic acids is 2. The highest BCUT2D eigenvalue weighted by atomic mass is 79.9. The van der Waals surface area contributed by atoms with Crippen molar-refractivity contribution in [3.63, 3.8) is 0 Å². The third-order valence-corrected chi connectivity index (χ3v) is 4.96. The number of benzene rings is 1. The van der Waals surface area contributed by atoms with E-state index >= 15 is 0 Å². The average Bonchev–Trinajstić information content (AvgIpc) is 2.65. The molecule has 1 fully saturated rings. The zero-order valence-corrected chi connectivity index (χ0v) is 15.8. The Morgan fingerprint density at radius 1 is 1.20 bits per heavy atom. The van der Waals surface area contributed by atoms with Gasteiger partial charge < -0.3 is 14.4 Å². The molecular weight excluding hydrogens is 388 g/mol. The number of hydrogen-bond donors (Lipinski definition) is 0. The smallest absolute Gasteiger partial charge is 0.344 e. The topological polar surface area (TPSA) is 79.6 Å². The molecule has 1 saturated carbocycles. The van der Waals surface area contributed by atoms with Crippen LogP contribution in [0.25, 0.3) is 0 Å². The summed E-state index contributed by atoms with van der Waals surface area (Å²) in [6.45, 7) is -0.662. The van der Waals surface area contributed by atoms with Crippen molar-refractivity contribution in [1.82, 2.24) is 4.90 Å². The number of rotatable bonds is 6. The molecule has 1 aromatic rings. The Labute approximate surface area is 155 Å². The number of nitrogens with zero attached hydrogens (tertiary/aromatic N) is 2. The van der Waals surface area contributed by atoms with Crippen LogP contribution in [0.15, 0.2) is 28.7 Å². The largest absolute Gasteiger partial charge is 0.482 e. The maximum absolute atomic E-state index is 12.3. The first-order chi connectivity index (χ1) is 12.0. The van der Waals surface area contributed by atoms with Crippen LogP contribution in [-0.2, 0) is 14.3 Å². The minimum Gasteiger partial charge on any atom is -0.482 e. The zero-order chi connectivity index (χ0) is 18.3. The monoisotopic (exact) mass is 408 g/mol. The van der Waals surface area contributed by atoms with Gasteiger partial charge in [-0.25, -0.2) is 4.79 Å². The molecular formula is C18H21BrN2O4. The lowest BCUT2D eigenvalue weighted by Crippen LogP contribution is -2.51. The van der Waals surface area contributed by atoms with Gasteiger partial charge in [0.2, 0.25) is 0 Å². The lowest BCUT2D eigenvalue weighted by Gasteiger charge is -2.38. The van der Waals surface area contributed by atoms with E-state index in [1.54, 1.807) is 31.3 Å². The zero-order valence-electron chi connectivity index (χ0n) is 14.2. The SMILES string of the molecule is CN(C(=O)COC(=O)COc1ccc(Br)cc1)C1(C#N)CCCCC1. The Morgan fingerprint density at radius 2 is 1.84 bits per heavy atom. The molecule has 0 radical (unpaired) electrons. The molecule has 1 amide bonds. The first-order valence-corrected chi connectivity index (χ1v) is 8.98. The Bertz CT molecular complexity index is 648. The van der Waals surface area contributed by atoms with Crippen LogP contribution in [0.2, 0.25) is 0 Å². The lowest BCUT2D eigenvalue weighted by molar-refractivity contribution is -0.155. The Kier molecular flexibility index (Phi) is 6.82. The molecule has 1 aromatic carbocycles. The fraction of sp³-hybridized carbons (Fsp3) is 0.500. The first kappa shape index (κ1) is 19.3. The summed E-state index contributed by atoms with van der Waals surface area (Å²) >= 11 is 3.31. The summed E-state index contributed by atoms with van der Waals surface area (Å²) in [6, 6.07) is 9.30. The van der Waals surface area contributed by atoms with E-state index in [1.807, 2.05) is 0 Å². The van der Waals surface area contributed by atoms with Gasteiger partial charge in [-0.05, 0) is 37.1 Å². The van der Waals surface area contributed by atoms with Gasteiger partial charge in [0.05, 0.1) is 6.07 Å². The van der Waals surface area contributed by atoms with Gasteiger partial charge in [0.15, 0.2) is 13.2 Å². The summed E-state index contributed by atoms with van der Waals surface area (Å²) < 4.78 is 11.2. The molecule has 1 aliphatic carbocycles. The molecule has 0 unspecified atom stereocenters. The minimum atomic E-state index is -0.782. The number of hydrogen-bond acceptors (Lipinski definition) is 5. The van der Waals surface area contributed by atoms with Crippen LogP contribution in [0.4, 0.5) is 0 Å². The van der Waals surface area contributed by atoms with E-state index in [0.717, 1.165) is 23.7 Å². The number of likely N-dealkylation sites (N-methyl/N-ethyl adjacent to an activating group) is 1. The normalized spacial score (nSPS) is 15.7. The summed E-state index contributed by atoms with van der Waals surface area (Å²) in [6.07, 6.45) is 4.24. The van der Waals surface area contributed by atoms with E-state index in [9.17, 15) is 14.9 Å². The van der Waals surface area contributed by atoms with Crippen LogP contribution in [0.1, 0.15) is 32.1 Å². The van der Waals surface area contributed by atoms with E-state index in [-0.39, 0.29) is 19.1 Å². The van der Waals surface area contributed by atoms with Crippen LogP contribution < -0.4 is 4.74 Å². The van der Waals surface area contributed by atoms with Crippen LogP contribution in [0.5, 0.6) is 5.75 Å². The van der Waals surface area contributed by atoms with Crippen LogP contribution in [-0.4, -0.2) is 42.6 Å². The number of nitriles is 1. The van der Waals surface area contributed by atoms with Crippen molar-refractivity contribution < 1.29 is 19.1 Å². The van der Waals surface area contributed by atoms with Crippen LogP contribution in [0.3, 0.4) is 0 Å². The molecule has 7 heteroatoms. The summed E-state index contributed by atoms with van der Waals surface area (Å²) in [5.41, 5.74) is -0.782. The predicted octanol–water partition coefficient (Wildman–Crippen LogP) is 3.06. The van der Waals surface area contributed by atoms with Crippen molar-refractivity contribution in [2.45, 2.75) is 37.6 Å². The average molecular weight is 409 g/mol. The Hall–Kier alpha value is -2.07. The van der Waals surface area contributed by atoms with Gasteiger partial charge >= 0.3 is 5.97 Å². The van der Waals surface area contributed by atoms with E-state index in [1.165, 1.54) is 4.90 Å². The molecule has 0 bridgehead atoms. The molecule has 0 heterocycles. The molecule has 1 aliphatic rings. The third-order valence-electron chi connectivity index (χ3n) is 4.43. The Morgan fingerprint density at radius 3 is 2.44 bits per heavy atom. The molecule has 6 nitrogen and oxygen atoms in total. The second-order valence-corrected chi connectivity index (χ2v) is 6.98. The van der Waals surface area contributed by atoms with Crippen molar-refractivity contribution in [3.05, 3.63) is 28.7 Å². The highest BCUT2D eigenvalue weighted by molar-refractivity contribution is 9.10. The van der Waals surface area contributed by atoms with Gasteiger partial charge in [0.25, 0.3) is 5.91 Å². The number of halogens is 1. The fourth-order valence-corrected chi connectivity index (χ4v) is 3.12. The summed E-state index contributed by atoms with van der Waals surface area (Å²) in [7, 11) is 1.60. The lowest BCUT2D eigenvalue weighted by atomic mass is 9.81. The van der Waals surface area contributed by atoms with Crippen molar-refractivity contribution in [2.75, 3.05) is 20.3 Å². The maximum Gasteiger partial charge on any atom is 0.344 e. The van der Waals surface area contributed by atoms with Crippen molar-refractivity contribution >= 4 is 27.8 Å². The van der Waals surface area contributed by atoms with Gasteiger partial charge in [-0.1, -0.05) is 35.2 Å². The van der Waals surface area contributed by atoms with Gasteiger partial charge in [-0.2, -0.15) is 5.26 Å². The summed E-state index contributed by atoms with van der Waals surface area (Å²) in [5.74, 6) is -0.464. The molecule has 2 rings (SSSR count). The van der Waals surface area contributed by atoms with E-state index in [2.05, 4.69) is 22.0 Å². The molecule has 0 N–H and O–H groups in total. The number of esters is 1. The molecule has 134 valence electrons. The van der Waals surface area contributed by atoms with Gasteiger partial charge in [0.1, 0.15) is 11.3 Å². The standard InChI is InChI=1S/C18H21BrN2O4/c1-21(18(13-20)9-3-2-4-10-18)16(22)11-25-17(23)12-24-15-7-5-14(19)6-8-15/h5-8H,2-4,9-12H2,1H3. The molecule has 0 aliphatic heterocycles. The van der Waals surface area contributed by atoms with Gasteiger partial charge in [-0.15, -0.1) is 0 Å². The molecule has 0 atom stereocenters. The molecule has 0 saturated heterocycles. The second-order valence-electron chi connectivity index (χ2n) is 6.06. The highest BCUT2D eigenvalue weighted by Gasteiger charge is 2.38. The molecule has 0 spiro atoms. The third kappa shape index (κ3) is 5.20. The van der Waals surface area contributed by atoms with Gasteiger partial charge in [-0.3, -0.25) is 4.79 Å². The summed E-state index contributed by atoms with van der Waals surface area (Å²) in [4.78, 5) is 25.4. The van der Waals surface area contributed by atoms with Crippen molar-refractivity contribution in [1.29, 1.82) is 5.26 Å². The number of carbonyl (C=O) groups is 2. The van der Waals surface area contributed by atoms with Crippen molar-refractivity contribution in [2.24, 2.45) is 0 Å². The predicted molar refractivity (Wildman–Crippen MR) is 94.8 cm³/mol. The molecule has 0 aromatic heterocycles. The van der Waals surface area contributed by atoms with Gasteiger partial charge in [0, 0.05) is 11.5 Å². The first-order valence-electron chi connectivity index (χ1n) is 8.19. The second kappa shape index (κ2) is 8.86. The Balaban J connectivity index is 1.79. The summed E-state index contributed by atoms with van der Waals surface area (Å²) in [5, 5.41) is 9.49. The fourth-order valence-electron chi connectivity index (χ4n) is 2.85. The minimum absolute atomic E-state index is 0.276. The van der Waals surface area contributed by atoms with Crippen LogP contribution >= 0.6 is 15.9 Å². The van der Waals surface area contributed by atoms with Crippen LogP contribution in [0, 0.1) is 11.3 Å². The number of amides is 1. The van der Waals surface area contributed by atoms with E-state index in [4.69, 9.17) is 9.47 Å². The highest BCUT2D eigenvalue weighted by Crippen LogP contribution is 2.32. The quantitative estimate of drug-likeness (QED) is 0.675. The van der Waals surface area contributed by atoms with Crippen molar-refractivity contribution in [3.8, 4) is 11.8 Å². The maximum atomic E-state index is 12.3. The van der Waals surface area contributed by atoms with E-state index in [0.29, 0.717) is 18.6 Å². The van der Waals surface area contributed by atoms with E-state index < -0.39 is 11.5 Å².